The summed E-state index contributed by atoms with van der Waals surface area (Å²) in [6.45, 7) is 5.52. The number of fused-ring (bicyclic) bond motifs is 1. The number of aromatic amines is 1. The summed E-state index contributed by atoms with van der Waals surface area (Å²) in [6, 6.07) is 2.71. The van der Waals surface area contributed by atoms with Gasteiger partial charge in [0.15, 0.2) is 5.75 Å². The van der Waals surface area contributed by atoms with Crippen molar-refractivity contribution < 1.29 is 27.4 Å². The largest absolute Gasteiger partial charge is 0.503 e. The van der Waals surface area contributed by atoms with Crippen LogP contribution in [0.15, 0.2) is 23.0 Å². The Bertz CT molecular complexity index is 1200. The summed E-state index contributed by atoms with van der Waals surface area (Å²) in [5.41, 5.74) is -2.58. The van der Waals surface area contributed by atoms with Crippen molar-refractivity contribution in [3.05, 3.63) is 45.5 Å². The molecule has 3 heterocycles. The monoisotopic (exact) mass is 454 g/mol. The van der Waals surface area contributed by atoms with Gasteiger partial charge in [-0.25, -0.2) is 9.07 Å². The number of alkyl halides is 3. The molecule has 7 nitrogen and oxygen atoms in total. The molecular weight excluding hydrogens is 432 g/mol. The lowest BCUT2D eigenvalue weighted by Gasteiger charge is -2.26. The highest BCUT2D eigenvalue weighted by molar-refractivity contribution is 5.84. The van der Waals surface area contributed by atoms with Gasteiger partial charge in [-0.3, -0.25) is 9.69 Å². The number of morpholine rings is 1. The molecule has 1 aliphatic rings. The summed E-state index contributed by atoms with van der Waals surface area (Å²) in [5, 5.41) is 15.1. The molecule has 2 N–H and O–H groups in total. The van der Waals surface area contributed by atoms with Crippen LogP contribution in [0.4, 0.5) is 17.6 Å². The minimum Gasteiger partial charge on any atom is -0.503 e. The number of pyridine rings is 1. The number of halogens is 4. The molecule has 0 aliphatic carbocycles. The third-order valence-electron chi connectivity index (χ3n) is 5.59. The van der Waals surface area contributed by atoms with Crippen LogP contribution in [0, 0.1) is 5.82 Å². The Labute approximate surface area is 180 Å². The van der Waals surface area contributed by atoms with Gasteiger partial charge in [0.25, 0.3) is 0 Å². The molecule has 0 saturated carbocycles. The molecule has 0 radical (unpaired) electrons. The Morgan fingerprint density at radius 3 is 2.59 bits per heavy atom. The van der Waals surface area contributed by atoms with Crippen LogP contribution in [0.2, 0.25) is 0 Å². The number of ether oxygens (including phenoxy) is 1. The third kappa shape index (κ3) is 3.97. The molecule has 1 aromatic carbocycles. The van der Waals surface area contributed by atoms with E-state index in [1.54, 1.807) is 11.6 Å². The van der Waals surface area contributed by atoms with Crippen molar-refractivity contribution in [2.45, 2.75) is 26.1 Å². The number of hydrogen-bond donors (Lipinski definition) is 2. The second-order valence-corrected chi connectivity index (χ2v) is 7.54. The molecule has 4 rings (SSSR count). The Kier molecular flexibility index (Phi) is 5.95. The van der Waals surface area contributed by atoms with Crippen molar-refractivity contribution in [1.29, 1.82) is 0 Å². The van der Waals surface area contributed by atoms with Gasteiger partial charge < -0.3 is 14.8 Å². The molecule has 11 heteroatoms. The van der Waals surface area contributed by atoms with Crippen molar-refractivity contribution in [3.8, 4) is 17.0 Å². The van der Waals surface area contributed by atoms with Crippen LogP contribution >= 0.6 is 0 Å². The van der Waals surface area contributed by atoms with Gasteiger partial charge >= 0.3 is 6.18 Å². The molecule has 0 amide bonds. The second kappa shape index (κ2) is 8.55. The lowest BCUT2D eigenvalue weighted by atomic mass is 10.0. The molecular formula is C21H22F4N4O3. The van der Waals surface area contributed by atoms with E-state index in [2.05, 4.69) is 15.0 Å². The first-order chi connectivity index (χ1) is 15.2. The van der Waals surface area contributed by atoms with Crippen LogP contribution in [-0.2, 0) is 23.9 Å². The summed E-state index contributed by atoms with van der Waals surface area (Å²) in [4.78, 5) is 17.9. The second-order valence-electron chi connectivity index (χ2n) is 7.54. The Morgan fingerprint density at radius 1 is 1.22 bits per heavy atom. The first kappa shape index (κ1) is 22.3. The minimum atomic E-state index is -4.92. The first-order valence-corrected chi connectivity index (χ1v) is 10.2. The Hall–Kier alpha value is -2.92. The van der Waals surface area contributed by atoms with Crippen molar-refractivity contribution in [3.63, 3.8) is 0 Å². The van der Waals surface area contributed by atoms with E-state index in [4.69, 9.17) is 4.74 Å². The zero-order valence-corrected chi connectivity index (χ0v) is 17.3. The number of nitrogens with one attached hydrogen (secondary N) is 1. The van der Waals surface area contributed by atoms with Crippen LogP contribution in [0.3, 0.4) is 0 Å². The summed E-state index contributed by atoms with van der Waals surface area (Å²) in [6.07, 6.45) is -4.52. The molecule has 0 spiro atoms. The fourth-order valence-corrected chi connectivity index (χ4v) is 3.90. The third-order valence-corrected chi connectivity index (χ3v) is 5.59. The molecule has 1 fully saturated rings. The summed E-state index contributed by atoms with van der Waals surface area (Å²) in [7, 11) is 0. The lowest BCUT2D eigenvalue weighted by molar-refractivity contribution is -0.139. The zero-order chi connectivity index (χ0) is 23.0. The number of benzene rings is 1. The molecule has 32 heavy (non-hydrogen) atoms. The predicted molar refractivity (Wildman–Crippen MR) is 109 cm³/mol. The van der Waals surface area contributed by atoms with Crippen LogP contribution in [-0.4, -0.2) is 57.6 Å². The van der Waals surface area contributed by atoms with Crippen LogP contribution in [0.25, 0.3) is 22.3 Å². The molecule has 1 aliphatic heterocycles. The Morgan fingerprint density at radius 2 is 1.94 bits per heavy atom. The average molecular weight is 454 g/mol. The van der Waals surface area contributed by atoms with E-state index in [0.717, 1.165) is 25.2 Å². The van der Waals surface area contributed by atoms with Crippen LogP contribution in [0.5, 0.6) is 5.75 Å². The number of aryl methyl sites for hydroxylation is 1. The standard InChI is InChI=1S/C21H22F4N4O3/c1-2-14-15-18(30)19(31)17(12-4-3-5-13(16(12)22)21(23,24)25)26-20(15)29(27-14)7-6-28-8-10-32-11-9-28/h3-5,31H,2,6-11H2,1H3,(H,26,30). The van der Waals surface area contributed by atoms with Gasteiger partial charge in [0.05, 0.1) is 42.1 Å². The van der Waals surface area contributed by atoms with Gasteiger partial charge in [-0.05, 0) is 18.6 Å². The van der Waals surface area contributed by atoms with E-state index in [1.165, 1.54) is 0 Å². The molecule has 2 aromatic heterocycles. The molecule has 172 valence electrons. The fourth-order valence-electron chi connectivity index (χ4n) is 3.90. The topological polar surface area (TPSA) is 83.4 Å². The van der Waals surface area contributed by atoms with E-state index in [1.807, 2.05) is 0 Å². The lowest BCUT2D eigenvalue weighted by Crippen LogP contribution is -2.38. The number of aromatic hydroxyl groups is 1. The highest BCUT2D eigenvalue weighted by Gasteiger charge is 2.35. The van der Waals surface area contributed by atoms with E-state index >= 15 is 0 Å². The van der Waals surface area contributed by atoms with Gasteiger partial charge in [-0.1, -0.05) is 13.0 Å². The van der Waals surface area contributed by atoms with E-state index in [9.17, 15) is 27.5 Å². The normalized spacial score (nSPS) is 15.5. The van der Waals surface area contributed by atoms with Crippen molar-refractivity contribution in [2.24, 2.45) is 0 Å². The highest BCUT2D eigenvalue weighted by Crippen LogP contribution is 2.37. The zero-order valence-electron chi connectivity index (χ0n) is 17.3. The minimum absolute atomic E-state index is 0.142. The van der Waals surface area contributed by atoms with Crippen LogP contribution < -0.4 is 5.43 Å². The maximum Gasteiger partial charge on any atom is 0.419 e. The number of hydrogen-bond acceptors (Lipinski definition) is 5. The van der Waals surface area contributed by atoms with Gasteiger partial charge in [-0.2, -0.15) is 18.3 Å². The van der Waals surface area contributed by atoms with Crippen molar-refractivity contribution in [2.75, 3.05) is 32.8 Å². The maximum absolute atomic E-state index is 14.7. The molecule has 0 atom stereocenters. The predicted octanol–water partition coefficient (Wildman–Crippen LogP) is 3.15. The van der Waals surface area contributed by atoms with Crippen molar-refractivity contribution in [1.82, 2.24) is 19.7 Å². The molecule has 0 bridgehead atoms. The average Bonchev–Trinajstić information content (AvgIpc) is 3.13. The smallest absolute Gasteiger partial charge is 0.419 e. The molecule has 3 aromatic rings. The molecule has 0 unspecified atom stereocenters. The number of rotatable bonds is 5. The summed E-state index contributed by atoms with van der Waals surface area (Å²) >= 11 is 0. The Balaban J connectivity index is 1.83. The molecule has 1 saturated heterocycles. The van der Waals surface area contributed by atoms with Gasteiger partial charge in [-0.15, -0.1) is 0 Å². The van der Waals surface area contributed by atoms with E-state index < -0.39 is 40.0 Å². The van der Waals surface area contributed by atoms with Crippen LogP contribution in [0.1, 0.15) is 18.2 Å². The maximum atomic E-state index is 14.7. The summed E-state index contributed by atoms with van der Waals surface area (Å²) in [5.74, 6) is -2.42. The number of nitrogens with zero attached hydrogens (tertiary/aromatic N) is 3. The quantitative estimate of drug-likeness (QED) is 0.579. The van der Waals surface area contributed by atoms with E-state index in [-0.39, 0.29) is 11.0 Å². The number of H-pyrrole nitrogens is 1. The number of aromatic nitrogens is 3. The first-order valence-electron chi connectivity index (χ1n) is 10.2. The fraction of sp³-hybridized carbons (Fsp3) is 0.429. The highest BCUT2D eigenvalue weighted by atomic mass is 19.4. The van der Waals surface area contributed by atoms with E-state index in [0.29, 0.717) is 44.5 Å². The SMILES string of the molecule is CCc1nn(CCN2CCOCC2)c2[nH]c(-c3cccc(C(F)(F)F)c3F)c(O)c(=O)c12. The van der Waals surface area contributed by atoms with Gasteiger partial charge in [0.2, 0.25) is 5.43 Å². The van der Waals surface area contributed by atoms with Crippen molar-refractivity contribution >= 4 is 11.0 Å². The summed E-state index contributed by atoms with van der Waals surface area (Å²) < 4.78 is 61.1. The van der Waals surface area contributed by atoms with Gasteiger partial charge in [0, 0.05) is 25.2 Å². The van der Waals surface area contributed by atoms with Gasteiger partial charge in [0.1, 0.15) is 11.5 Å².